The number of unbranched alkanes of at least 4 members (excludes halogenated alkanes) is 1. The Hall–Kier alpha value is -3.41. The number of ether oxygens (including phenoxy) is 1. The minimum Gasteiger partial charge on any atom is -0.493 e. The predicted molar refractivity (Wildman–Crippen MR) is 108 cm³/mol. The molecular weight excluding hydrogens is 340 g/mol. The molecule has 0 atom stereocenters. The fourth-order valence-corrected chi connectivity index (χ4v) is 2.78. The van der Waals surface area contributed by atoms with Gasteiger partial charge in [0.1, 0.15) is 5.75 Å². The van der Waals surface area contributed by atoms with E-state index in [1.165, 1.54) is 0 Å². The zero-order chi connectivity index (χ0) is 19.1. The van der Waals surface area contributed by atoms with E-state index in [1.54, 1.807) is 0 Å². The highest BCUT2D eigenvalue weighted by Gasteiger charge is 2.12. The molecule has 27 heavy (non-hydrogen) atoms. The number of anilines is 1. The van der Waals surface area contributed by atoms with Crippen molar-refractivity contribution in [3.63, 3.8) is 0 Å². The molecule has 138 valence electrons. The number of nitrogens with one attached hydrogen (secondary N) is 3. The number of pyridine rings is 1. The molecule has 2 aromatic carbocycles. The van der Waals surface area contributed by atoms with Crippen LogP contribution in [0.15, 0.2) is 54.6 Å². The van der Waals surface area contributed by atoms with E-state index >= 15 is 0 Å². The van der Waals surface area contributed by atoms with Crippen molar-refractivity contribution in [2.75, 3.05) is 11.9 Å². The molecule has 1 amide bonds. The van der Waals surface area contributed by atoms with Gasteiger partial charge in [-0.25, -0.2) is 4.98 Å². The number of carbonyl (C=O) groups excluding carboxylic acids is 1. The predicted octanol–water partition coefficient (Wildman–Crippen LogP) is 4.17. The lowest BCUT2D eigenvalue weighted by Crippen LogP contribution is -2.28. The van der Waals surface area contributed by atoms with E-state index in [0.717, 1.165) is 40.8 Å². The third kappa shape index (κ3) is 4.41. The number of fused-ring (bicyclic) bond motifs is 1. The van der Waals surface area contributed by atoms with E-state index in [4.69, 9.17) is 15.1 Å². The van der Waals surface area contributed by atoms with Crippen LogP contribution in [-0.4, -0.2) is 24.0 Å². The van der Waals surface area contributed by atoms with Crippen molar-refractivity contribution >= 4 is 29.0 Å². The van der Waals surface area contributed by atoms with E-state index in [2.05, 4.69) is 17.6 Å². The number of amides is 1. The molecule has 0 spiro atoms. The molecule has 6 heteroatoms. The highest BCUT2D eigenvalue weighted by Crippen LogP contribution is 2.33. The number of hydrogen-bond acceptors (Lipinski definition) is 4. The SMILES string of the molecule is CCCCOc1ccccc1-c1cc(NC(=N)NC=O)c2ccccc2n1. The number of nitrogens with zero attached hydrogens (tertiary/aromatic N) is 1. The summed E-state index contributed by atoms with van der Waals surface area (Å²) in [6.45, 7) is 2.78. The van der Waals surface area contributed by atoms with Gasteiger partial charge in [0.25, 0.3) is 0 Å². The molecule has 1 aromatic heterocycles. The lowest BCUT2D eigenvalue weighted by molar-refractivity contribution is -0.108. The Morgan fingerprint density at radius 2 is 1.96 bits per heavy atom. The maximum Gasteiger partial charge on any atom is 0.213 e. The van der Waals surface area contributed by atoms with Crippen LogP contribution < -0.4 is 15.4 Å². The Kier molecular flexibility index (Phi) is 5.99. The molecule has 0 fully saturated rings. The fourth-order valence-electron chi connectivity index (χ4n) is 2.78. The van der Waals surface area contributed by atoms with Gasteiger partial charge in [0.05, 0.1) is 23.5 Å². The van der Waals surface area contributed by atoms with E-state index in [-0.39, 0.29) is 5.96 Å². The van der Waals surface area contributed by atoms with Crippen LogP contribution in [0.4, 0.5) is 5.69 Å². The van der Waals surface area contributed by atoms with Gasteiger partial charge < -0.3 is 10.1 Å². The maximum atomic E-state index is 10.6. The number of hydrogen-bond donors (Lipinski definition) is 3. The second-order valence-corrected chi connectivity index (χ2v) is 6.03. The molecule has 0 unspecified atom stereocenters. The minimum absolute atomic E-state index is 0.0974. The molecule has 0 saturated heterocycles. The normalized spacial score (nSPS) is 10.4. The Morgan fingerprint density at radius 3 is 2.78 bits per heavy atom. The van der Waals surface area contributed by atoms with Gasteiger partial charge in [-0.1, -0.05) is 43.7 Å². The van der Waals surface area contributed by atoms with Crippen LogP contribution in [0, 0.1) is 5.41 Å². The van der Waals surface area contributed by atoms with Gasteiger partial charge in [-0.3, -0.25) is 15.5 Å². The summed E-state index contributed by atoms with van der Waals surface area (Å²) < 4.78 is 5.94. The van der Waals surface area contributed by atoms with Crippen molar-refractivity contribution in [2.45, 2.75) is 19.8 Å². The van der Waals surface area contributed by atoms with Crippen molar-refractivity contribution in [1.82, 2.24) is 10.3 Å². The topological polar surface area (TPSA) is 87.1 Å². The second-order valence-electron chi connectivity index (χ2n) is 6.03. The quantitative estimate of drug-likeness (QED) is 0.255. The minimum atomic E-state index is -0.0974. The van der Waals surface area contributed by atoms with Crippen LogP contribution in [-0.2, 0) is 4.79 Å². The molecular formula is C21H22N4O2. The molecule has 3 N–H and O–H groups in total. The third-order valence-electron chi connectivity index (χ3n) is 4.10. The average molecular weight is 362 g/mol. The Bertz CT molecular complexity index is 956. The van der Waals surface area contributed by atoms with Gasteiger partial charge in [-0.2, -0.15) is 0 Å². The zero-order valence-corrected chi connectivity index (χ0v) is 15.2. The first kappa shape index (κ1) is 18.4. The van der Waals surface area contributed by atoms with Crippen LogP contribution in [0.1, 0.15) is 19.8 Å². The van der Waals surface area contributed by atoms with Gasteiger partial charge in [-0.05, 0) is 30.7 Å². The molecule has 0 saturated carbocycles. The third-order valence-corrected chi connectivity index (χ3v) is 4.10. The molecule has 0 aliphatic heterocycles. The van der Waals surface area contributed by atoms with E-state index in [9.17, 15) is 4.79 Å². The van der Waals surface area contributed by atoms with Gasteiger partial charge >= 0.3 is 0 Å². The summed E-state index contributed by atoms with van der Waals surface area (Å²) in [6, 6.07) is 17.3. The number of rotatable bonds is 7. The van der Waals surface area contributed by atoms with Crippen molar-refractivity contribution < 1.29 is 9.53 Å². The summed E-state index contributed by atoms with van der Waals surface area (Å²) in [6.07, 6.45) is 2.52. The van der Waals surface area contributed by atoms with Gasteiger partial charge in [0, 0.05) is 10.9 Å². The van der Waals surface area contributed by atoms with Crippen LogP contribution in [0.5, 0.6) is 5.75 Å². The maximum absolute atomic E-state index is 10.6. The Labute approximate surface area is 158 Å². The molecule has 3 aromatic rings. The Balaban J connectivity index is 2.05. The van der Waals surface area contributed by atoms with E-state index < -0.39 is 0 Å². The first-order chi connectivity index (χ1) is 13.2. The average Bonchev–Trinajstić information content (AvgIpc) is 2.68. The molecule has 6 nitrogen and oxygen atoms in total. The van der Waals surface area contributed by atoms with Gasteiger partial charge in [-0.15, -0.1) is 0 Å². The summed E-state index contributed by atoms with van der Waals surface area (Å²) in [7, 11) is 0. The van der Waals surface area contributed by atoms with E-state index in [1.807, 2.05) is 54.6 Å². The summed E-state index contributed by atoms with van der Waals surface area (Å²) >= 11 is 0. The van der Waals surface area contributed by atoms with Gasteiger partial charge in [0.15, 0.2) is 5.96 Å². The molecule has 0 bridgehead atoms. The van der Waals surface area contributed by atoms with Crippen LogP contribution in [0.3, 0.4) is 0 Å². The highest BCUT2D eigenvalue weighted by molar-refractivity contribution is 6.04. The lowest BCUT2D eigenvalue weighted by atomic mass is 10.1. The van der Waals surface area contributed by atoms with Crippen molar-refractivity contribution in [3.8, 4) is 17.0 Å². The standard InChI is InChI=1S/C21H22N4O2/c1-2-3-12-27-20-11-7-5-9-16(20)19-13-18(25-21(22)23-14-26)15-8-4-6-10-17(15)24-19/h4-11,13-14H,2-3,12H2,1H3,(H3,22,23,24,25,26). The van der Waals surface area contributed by atoms with Crippen LogP contribution in [0.25, 0.3) is 22.2 Å². The highest BCUT2D eigenvalue weighted by atomic mass is 16.5. The molecule has 0 aliphatic rings. The molecule has 3 rings (SSSR count). The Morgan fingerprint density at radius 1 is 1.19 bits per heavy atom. The fraction of sp³-hybridized carbons (Fsp3) is 0.190. The largest absolute Gasteiger partial charge is 0.493 e. The van der Waals surface area contributed by atoms with Crippen LogP contribution in [0.2, 0.25) is 0 Å². The van der Waals surface area contributed by atoms with E-state index in [0.29, 0.717) is 18.7 Å². The smallest absolute Gasteiger partial charge is 0.213 e. The number of guanidine groups is 1. The van der Waals surface area contributed by atoms with Crippen molar-refractivity contribution in [1.29, 1.82) is 5.41 Å². The van der Waals surface area contributed by atoms with Crippen LogP contribution >= 0.6 is 0 Å². The summed E-state index contributed by atoms with van der Waals surface area (Å²) in [4.78, 5) is 15.4. The number of carbonyl (C=O) groups is 1. The molecule has 0 radical (unpaired) electrons. The lowest BCUT2D eigenvalue weighted by Gasteiger charge is -2.14. The van der Waals surface area contributed by atoms with Crippen molar-refractivity contribution in [2.24, 2.45) is 0 Å². The first-order valence-electron chi connectivity index (χ1n) is 8.90. The molecule has 0 aliphatic carbocycles. The zero-order valence-electron chi connectivity index (χ0n) is 15.2. The summed E-state index contributed by atoms with van der Waals surface area (Å²) in [5, 5.41) is 13.9. The number of benzene rings is 2. The monoisotopic (exact) mass is 362 g/mol. The van der Waals surface area contributed by atoms with Crippen molar-refractivity contribution in [3.05, 3.63) is 54.6 Å². The summed E-state index contributed by atoms with van der Waals surface area (Å²) in [5.74, 6) is 0.681. The van der Waals surface area contributed by atoms with Gasteiger partial charge in [0.2, 0.25) is 6.41 Å². The second kappa shape index (κ2) is 8.80. The first-order valence-corrected chi connectivity index (χ1v) is 8.90. The summed E-state index contributed by atoms with van der Waals surface area (Å²) in [5.41, 5.74) is 3.11. The molecule has 1 heterocycles. The number of para-hydroxylation sites is 2. The number of aromatic nitrogens is 1.